The zero-order valence-corrected chi connectivity index (χ0v) is 14.6. The largest absolute Gasteiger partial charge is 0.314 e. The summed E-state index contributed by atoms with van der Waals surface area (Å²) >= 11 is 0. The molecule has 0 heterocycles. The van der Waals surface area contributed by atoms with Crippen LogP contribution < -0.4 is 10.6 Å². The molecule has 0 radical (unpaired) electrons. The molecule has 0 unspecified atom stereocenters. The Morgan fingerprint density at radius 3 is 1.33 bits per heavy atom. The lowest BCUT2D eigenvalue weighted by atomic mass is 10.2. The minimum absolute atomic E-state index is 0.735. The van der Waals surface area contributed by atoms with Crippen molar-refractivity contribution in [3.05, 3.63) is 58.7 Å². The van der Waals surface area contributed by atoms with Gasteiger partial charge in [0.05, 0.1) is 0 Å². The second-order valence-corrected chi connectivity index (χ2v) is 9.11. The average molecular weight is 300 g/mol. The lowest BCUT2D eigenvalue weighted by molar-refractivity contribution is 0.586. The SMILES string of the molecule is CCCP(=O)(c1cc(C)cc(C)c1)c1cc(C)cc(C)c1. The van der Waals surface area contributed by atoms with Crippen molar-refractivity contribution in [1.82, 2.24) is 0 Å². The molecule has 2 rings (SSSR count). The van der Waals surface area contributed by atoms with Gasteiger partial charge in [-0.15, -0.1) is 0 Å². The van der Waals surface area contributed by atoms with E-state index < -0.39 is 7.14 Å². The Bertz CT molecular complexity index is 605. The van der Waals surface area contributed by atoms with Gasteiger partial charge in [0.2, 0.25) is 0 Å². The molecule has 112 valence electrons. The number of aryl methyl sites for hydroxylation is 4. The molecule has 21 heavy (non-hydrogen) atoms. The summed E-state index contributed by atoms with van der Waals surface area (Å²) in [6.07, 6.45) is 1.66. The molecule has 0 aliphatic carbocycles. The number of rotatable bonds is 4. The van der Waals surface area contributed by atoms with E-state index in [4.69, 9.17) is 0 Å². The van der Waals surface area contributed by atoms with Gasteiger partial charge in [-0.2, -0.15) is 0 Å². The minimum Gasteiger partial charge on any atom is -0.314 e. The number of hydrogen-bond donors (Lipinski definition) is 0. The Morgan fingerprint density at radius 1 is 0.714 bits per heavy atom. The Labute approximate surface area is 128 Å². The van der Waals surface area contributed by atoms with Gasteiger partial charge < -0.3 is 4.57 Å². The summed E-state index contributed by atoms with van der Waals surface area (Å²) in [4.78, 5) is 0. The Balaban J connectivity index is 2.67. The molecule has 0 aliphatic heterocycles. The molecule has 0 spiro atoms. The lowest BCUT2D eigenvalue weighted by Gasteiger charge is -2.21. The first-order valence-corrected chi connectivity index (χ1v) is 9.51. The maximum absolute atomic E-state index is 13.8. The number of hydrogen-bond acceptors (Lipinski definition) is 1. The third-order valence-corrected chi connectivity index (χ3v) is 7.05. The van der Waals surface area contributed by atoms with Crippen LogP contribution in [0, 0.1) is 27.7 Å². The van der Waals surface area contributed by atoms with Crippen LogP contribution in [-0.2, 0) is 4.57 Å². The summed E-state index contributed by atoms with van der Waals surface area (Å²) in [5.41, 5.74) is 4.74. The molecule has 0 fully saturated rings. The minimum atomic E-state index is -2.53. The average Bonchev–Trinajstić information content (AvgIpc) is 2.36. The van der Waals surface area contributed by atoms with E-state index in [2.05, 4.69) is 71.0 Å². The van der Waals surface area contributed by atoms with Gasteiger partial charge in [-0.1, -0.05) is 41.3 Å². The fraction of sp³-hybridized carbons (Fsp3) is 0.368. The maximum Gasteiger partial charge on any atom is 0.143 e. The van der Waals surface area contributed by atoms with Crippen molar-refractivity contribution in [2.75, 3.05) is 6.16 Å². The molecule has 0 N–H and O–H groups in total. The van der Waals surface area contributed by atoms with Gasteiger partial charge >= 0.3 is 0 Å². The van der Waals surface area contributed by atoms with E-state index in [1.54, 1.807) is 0 Å². The third-order valence-electron chi connectivity index (χ3n) is 3.79. The molecule has 2 aromatic carbocycles. The van der Waals surface area contributed by atoms with Crippen molar-refractivity contribution < 1.29 is 4.57 Å². The van der Waals surface area contributed by atoms with Crippen molar-refractivity contribution in [1.29, 1.82) is 0 Å². The van der Waals surface area contributed by atoms with Gasteiger partial charge in [0.15, 0.2) is 0 Å². The van der Waals surface area contributed by atoms with Crippen molar-refractivity contribution in [2.45, 2.75) is 41.0 Å². The van der Waals surface area contributed by atoms with Crippen LogP contribution in [0.4, 0.5) is 0 Å². The Hall–Kier alpha value is -1.33. The van der Waals surface area contributed by atoms with Crippen LogP contribution in [0.1, 0.15) is 35.6 Å². The topological polar surface area (TPSA) is 17.1 Å². The fourth-order valence-corrected chi connectivity index (χ4v) is 6.13. The smallest absolute Gasteiger partial charge is 0.143 e. The highest BCUT2D eigenvalue weighted by Crippen LogP contribution is 2.44. The van der Waals surface area contributed by atoms with E-state index in [-0.39, 0.29) is 0 Å². The normalized spacial score (nSPS) is 11.7. The van der Waals surface area contributed by atoms with E-state index in [0.717, 1.165) is 23.2 Å². The quantitative estimate of drug-likeness (QED) is 0.752. The van der Waals surface area contributed by atoms with E-state index in [1.807, 2.05) is 0 Å². The molecule has 0 bridgehead atoms. The highest BCUT2D eigenvalue weighted by Gasteiger charge is 2.27. The monoisotopic (exact) mass is 300 g/mol. The lowest BCUT2D eigenvalue weighted by Crippen LogP contribution is -2.20. The fourth-order valence-electron chi connectivity index (χ4n) is 3.04. The van der Waals surface area contributed by atoms with Gasteiger partial charge in [0, 0.05) is 16.8 Å². The van der Waals surface area contributed by atoms with Crippen molar-refractivity contribution in [3.63, 3.8) is 0 Å². The molecule has 0 saturated heterocycles. The van der Waals surface area contributed by atoms with E-state index in [1.165, 1.54) is 22.3 Å². The van der Waals surface area contributed by atoms with Gasteiger partial charge in [0.1, 0.15) is 7.14 Å². The molecular formula is C19H25OP. The molecule has 0 amide bonds. The van der Waals surface area contributed by atoms with Crippen molar-refractivity contribution in [2.24, 2.45) is 0 Å². The van der Waals surface area contributed by atoms with Crippen LogP contribution in [0.3, 0.4) is 0 Å². The molecule has 1 nitrogen and oxygen atoms in total. The number of benzene rings is 2. The zero-order valence-electron chi connectivity index (χ0n) is 13.7. The predicted molar refractivity (Wildman–Crippen MR) is 93.9 cm³/mol. The van der Waals surface area contributed by atoms with Crippen LogP contribution in [0.2, 0.25) is 0 Å². The van der Waals surface area contributed by atoms with E-state index in [9.17, 15) is 4.57 Å². The molecule has 0 aliphatic rings. The maximum atomic E-state index is 13.8. The molecule has 2 aromatic rings. The second kappa shape index (κ2) is 6.20. The van der Waals surface area contributed by atoms with E-state index >= 15 is 0 Å². The summed E-state index contributed by atoms with van der Waals surface area (Å²) in [6.45, 7) is 10.4. The summed E-state index contributed by atoms with van der Waals surface area (Å²) in [5, 5.41) is 2.01. The van der Waals surface area contributed by atoms with Gasteiger partial charge in [-0.05, 0) is 58.4 Å². The van der Waals surface area contributed by atoms with Gasteiger partial charge in [-0.25, -0.2) is 0 Å². The predicted octanol–water partition coefficient (Wildman–Crippen LogP) is 4.64. The van der Waals surface area contributed by atoms with E-state index in [0.29, 0.717) is 0 Å². The third kappa shape index (κ3) is 3.47. The molecule has 2 heteroatoms. The molecule has 0 atom stereocenters. The molecule has 0 aromatic heterocycles. The zero-order chi connectivity index (χ0) is 15.6. The first-order valence-electron chi connectivity index (χ1n) is 7.62. The molecule has 0 saturated carbocycles. The summed E-state index contributed by atoms with van der Waals surface area (Å²) in [5.74, 6) is 0. The summed E-state index contributed by atoms with van der Waals surface area (Å²) in [6, 6.07) is 12.7. The van der Waals surface area contributed by atoms with Crippen LogP contribution in [0.15, 0.2) is 36.4 Å². The molecular weight excluding hydrogens is 275 g/mol. The van der Waals surface area contributed by atoms with Crippen LogP contribution >= 0.6 is 7.14 Å². The Kier molecular flexibility index (Phi) is 4.74. The van der Waals surface area contributed by atoms with Crippen LogP contribution in [-0.4, -0.2) is 6.16 Å². The highest BCUT2D eigenvalue weighted by molar-refractivity contribution is 7.78. The van der Waals surface area contributed by atoms with Crippen LogP contribution in [0.25, 0.3) is 0 Å². The van der Waals surface area contributed by atoms with Gasteiger partial charge in [-0.3, -0.25) is 0 Å². The summed E-state index contributed by atoms with van der Waals surface area (Å²) in [7, 11) is -2.53. The Morgan fingerprint density at radius 2 is 1.05 bits per heavy atom. The summed E-state index contributed by atoms with van der Waals surface area (Å²) < 4.78 is 13.8. The highest BCUT2D eigenvalue weighted by atomic mass is 31.2. The first kappa shape index (κ1) is 16.0. The second-order valence-electron chi connectivity index (χ2n) is 6.16. The van der Waals surface area contributed by atoms with Crippen molar-refractivity contribution >= 4 is 17.8 Å². The van der Waals surface area contributed by atoms with Crippen molar-refractivity contribution in [3.8, 4) is 0 Å². The standard InChI is InChI=1S/C19H25OP/c1-6-7-21(20,18-10-14(2)8-15(3)11-18)19-12-16(4)9-17(5)13-19/h8-13H,6-7H2,1-5H3. The van der Waals surface area contributed by atoms with Gasteiger partial charge in [0.25, 0.3) is 0 Å². The first-order chi connectivity index (χ1) is 9.85. The van der Waals surface area contributed by atoms with Crippen LogP contribution in [0.5, 0.6) is 0 Å².